The van der Waals surface area contributed by atoms with Crippen molar-refractivity contribution in [2.24, 2.45) is 17.8 Å². The van der Waals surface area contributed by atoms with Gasteiger partial charge in [-0.3, -0.25) is 4.79 Å². The molecule has 3 heterocycles. The number of hydrogen-bond donors (Lipinski definition) is 0. The number of rotatable bonds is 3. The predicted molar refractivity (Wildman–Crippen MR) is 95.3 cm³/mol. The van der Waals surface area contributed by atoms with E-state index in [2.05, 4.69) is 17.1 Å². The molecule has 2 aliphatic heterocycles. The number of amides is 1. The molecule has 26 heavy (non-hydrogen) atoms. The smallest absolute Gasteiger partial charge is 0.225 e. The summed E-state index contributed by atoms with van der Waals surface area (Å²) >= 11 is 0. The van der Waals surface area contributed by atoms with Crippen LogP contribution in [0, 0.1) is 17.8 Å². The summed E-state index contributed by atoms with van der Waals surface area (Å²) in [5.41, 5.74) is -0.354. The van der Waals surface area contributed by atoms with Crippen LogP contribution >= 0.6 is 0 Å². The molecule has 7 nitrogen and oxygen atoms in total. The summed E-state index contributed by atoms with van der Waals surface area (Å²) < 4.78 is 14.1. The normalized spacial score (nSPS) is 35.6. The lowest BCUT2D eigenvalue weighted by Gasteiger charge is -2.34. The van der Waals surface area contributed by atoms with Gasteiger partial charge in [-0.15, -0.1) is 10.2 Å². The first-order chi connectivity index (χ1) is 12.6. The Morgan fingerprint density at radius 1 is 1.23 bits per heavy atom. The maximum atomic E-state index is 13.1. The third-order valence-electron chi connectivity index (χ3n) is 6.25. The van der Waals surface area contributed by atoms with Crippen LogP contribution in [0.2, 0.25) is 0 Å². The molecule has 2 unspecified atom stereocenters. The van der Waals surface area contributed by atoms with Crippen LogP contribution in [0.5, 0.6) is 0 Å². The van der Waals surface area contributed by atoms with Crippen LogP contribution in [0.3, 0.4) is 0 Å². The van der Waals surface area contributed by atoms with Gasteiger partial charge < -0.3 is 18.9 Å². The third kappa shape index (κ3) is 3.93. The highest BCUT2D eigenvalue weighted by Crippen LogP contribution is 2.35. The SMILES string of the molecule is CC1CCC(C(=O)N2CCOCC3(CC(Cn4cnnc4)CO3)C2)CC1. The Hall–Kier alpha value is -1.47. The molecule has 0 bridgehead atoms. The molecule has 2 saturated heterocycles. The highest BCUT2D eigenvalue weighted by molar-refractivity contribution is 5.79. The van der Waals surface area contributed by atoms with E-state index in [4.69, 9.17) is 9.47 Å². The lowest BCUT2D eigenvalue weighted by molar-refractivity contribution is -0.140. The van der Waals surface area contributed by atoms with Gasteiger partial charge in [-0.2, -0.15) is 0 Å². The van der Waals surface area contributed by atoms with Gasteiger partial charge in [0, 0.05) is 24.9 Å². The second-order valence-electron chi connectivity index (χ2n) is 8.49. The Labute approximate surface area is 155 Å². The van der Waals surface area contributed by atoms with Crippen LogP contribution in [0.4, 0.5) is 0 Å². The van der Waals surface area contributed by atoms with E-state index in [1.54, 1.807) is 12.7 Å². The van der Waals surface area contributed by atoms with Crippen LogP contribution in [-0.4, -0.2) is 64.1 Å². The fraction of sp³-hybridized carbons (Fsp3) is 0.842. The van der Waals surface area contributed by atoms with Gasteiger partial charge in [0.1, 0.15) is 18.3 Å². The Kier molecular flexibility index (Phi) is 5.27. The molecule has 0 aromatic carbocycles. The Morgan fingerprint density at radius 3 is 2.77 bits per heavy atom. The minimum absolute atomic E-state index is 0.190. The second kappa shape index (κ2) is 7.64. The minimum atomic E-state index is -0.354. The molecule has 0 radical (unpaired) electrons. The van der Waals surface area contributed by atoms with E-state index in [1.165, 1.54) is 12.8 Å². The quantitative estimate of drug-likeness (QED) is 0.819. The number of ether oxygens (including phenoxy) is 2. The second-order valence-corrected chi connectivity index (χ2v) is 8.49. The topological polar surface area (TPSA) is 69.5 Å². The van der Waals surface area contributed by atoms with E-state index in [0.717, 1.165) is 31.7 Å². The van der Waals surface area contributed by atoms with Crippen LogP contribution in [0.1, 0.15) is 39.0 Å². The first-order valence-corrected chi connectivity index (χ1v) is 9.96. The Balaban J connectivity index is 1.39. The Bertz CT molecular complexity index is 600. The van der Waals surface area contributed by atoms with Gasteiger partial charge in [0.2, 0.25) is 5.91 Å². The summed E-state index contributed by atoms with van der Waals surface area (Å²) in [6.45, 7) is 6.38. The number of nitrogens with zero attached hydrogens (tertiary/aromatic N) is 4. The molecular weight excluding hydrogens is 332 g/mol. The van der Waals surface area contributed by atoms with E-state index < -0.39 is 0 Å². The zero-order chi connectivity index (χ0) is 18.0. The summed E-state index contributed by atoms with van der Waals surface area (Å²) in [7, 11) is 0. The van der Waals surface area contributed by atoms with Crippen molar-refractivity contribution in [3.05, 3.63) is 12.7 Å². The summed E-state index contributed by atoms with van der Waals surface area (Å²) in [4.78, 5) is 15.1. The fourth-order valence-electron chi connectivity index (χ4n) is 4.74. The highest BCUT2D eigenvalue weighted by Gasteiger charge is 2.45. The molecule has 1 aromatic heterocycles. The van der Waals surface area contributed by atoms with Gasteiger partial charge in [0.15, 0.2) is 0 Å². The maximum Gasteiger partial charge on any atom is 0.225 e. The molecule has 2 atom stereocenters. The molecule has 3 fully saturated rings. The largest absolute Gasteiger partial charge is 0.377 e. The first-order valence-electron chi connectivity index (χ1n) is 9.96. The lowest BCUT2D eigenvalue weighted by Crippen LogP contribution is -2.48. The van der Waals surface area contributed by atoms with Gasteiger partial charge >= 0.3 is 0 Å². The third-order valence-corrected chi connectivity index (χ3v) is 6.25. The average Bonchev–Trinajstić information content (AvgIpc) is 3.23. The molecule has 0 N–H and O–H groups in total. The van der Waals surface area contributed by atoms with Crippen LogP contribution in [0.15, 0.2) is 12.7 Å². The van der Waals surface area contributed by atoms with Crippen LogP contribution in [-0.2, 0) is 20.8 Å². The molecule has 1 spiro atoms. The molecule has 1 aliphatic carbocycles. The van der Waals surface area contributed by atoms with Crippen LogP contribution in [0.25, 0.3) is 0 Å². The molecule has 1 saturated carbocycles. The van der Waals surface area contributed by atoms with Crippen molar-refractivity contribution in [3.63, 3.8) is 0 Å². The highest BCUT2D eigenvalue weighted by atomic mass is 16.5. The van der Waals surface area contributed by atoms with Gasteiger partial charge in [-0.25, -0.2) is 0 Å². The van der Waals surface area contributed by atoms with E-state index in [1.807, 2.05) is 9.47 Å². The number of carbonyl (C=O) groups is 1. The van der Waals surface area contributed by atoms with Crippen molar-refractivity contribution in [2.45, 2.75) is 51.2 Å². The predicted octanol–water partition coefficient (Wildman–Crippen LogP) is 1.74. The average molecular weight is 362 g/mol. The van der Waals surface area contributed by atoms with Crippen molar-refractivity contribution in [1.82, 2.24) is 19.7 Å². The van der Waals surface area contributed by atoms with Gasteiger partial charge in [-0.1, -0.05) is 6.92 Å². The Morgan fingerprint density at radius 2 is 2.00 bits per heavy atom. The van der Waals surface area contributed by atoms with Crippen molar-refractivity contribution in [3.8, 4) is 0 Å². The zero-order valence-corrected chi connectivity index (χ0v) is 15.7. The molecule has 1 aromatic rings. The van der Waals surface area contributed by atoms with E-state index in [9.17, 15) is 4.79 Å². The summed E-state index contributed by atoms with van der Waals surface area (Å²) in [6, 6.07) is 0. The van der Waals surface area contributed by atoms with E-state index in [-0.39, 0.29) is 11.5 Å². The van der Waals surface area contributed by atoms with E-state index >= 15 is 0 Å². The monoisotopic (exact) mass is 362 g/mol. The van der Waals surface area contributed by atoms with Crippen molar-refractivity contribution >= 4 is 5.91 Å². The molecule has 1 amide bonds. The number of hydrogen-bond acceptors (Lipinski definition) is 5. The van der Waals surface area contributed by atoms with Crippen molar-refractivity contribution in [1.29, 1.82) is 0 Å². The van der Waals surface area contributed by atoms with Gasteiger partial charge in [0.05, 0.1) is 26.4 Å². The molecule has 3 aliphatic rings. The summed E-state index contributed by atoms with van der Waals surface area (Å²) in [5, 5.41) is 7.74. The molecule has 144 valence electrons. The minimum Gasteiger partial charge on any atom is -0.377 e. The maximum absolute atomic E-state index is 13.1. The molecule has 4 rings (SSSR count). The summed E-state index contributed by atoms with van der Waals surface area (Å²) in [5.74, 6) is 1.66. The lowest BCUT2D eigenvalue weighted by atomic mass is 9.82. The van der Waals surface area contributed by atoms with Crippen molar-refractivity contribution in [2.75, 3.05) is 32.9 Å². The van der Waals surface area contributed by atoms with Crippen molar-refractivity contribution < 1.29 is 14.3 Å². The fourth-order valence-corrected chi connectivity index (χ4v) is 4.74. The first kappa shape index (κ1) is 17.9. The van der Waals surface area contributed by atoms with E-state index in [0.29, 0.717) is 44.7 Å². The molecular formula is C19H30N4O3. The van der Waals surface area contributed by atoms with Gasteiger partial charge in [-0.05, 0) is 38.0 Å². The number of aromatic nitrogens is 3. The zero-order valence-electron chi connectivity index (χ0n) is 15.7. The number of carbonyl (C=O) groups excluding carboxylic acids is 1. The van der Waals surface area contributed by atoms with Gasteiger partial charge in [0.25, 0.3) is 0 Å². The standard InChI is InChI=1S/C19H30N4O3/c1-15-2-4-17(5-3-15)18(24)23-6-7-25-12-19(11-23)8-16(10-26-19)9-22-13-20-21-14-22/h13-17H,2-12H2,1H3. The molecule has 7 heteroatoms. The summed E-state index contributed by atoms with van der Waals surface area (Å²) in [6.07, 6.45) is 8.80. The van der Waals surface area contributed by atoms with Crippen LogP contribution < -0.4 is 0 Å².